The first-order chi connectivity index (χ1) is 11.6. The molecule has 2 aromatic heterocycles. The van der Waals surface area contributed by atoms with Crippen LogP contribution in [0, 0.1) is 0 Å². The van der Waals surface area contributed by atoms with Gasteiger partial charge in [-0.05, 0) is 17.7 Å². The SMILES string of the molecule is Cn1ncc2c(N)nc(NCc3cc(Cl)c4c(c3)OCCO4)nc21. The lowest BCUT2D eigenvalue weighted by molar-refractivity contribution is 0.171. The van der Waals surface area contributed by atoms with E-state index < -0.39 is 0 Å². The maximum absolute atomic E-state index is 6.24. The molecule has 0 amide bonds. The van der Waals surface area contributed by atoms with Crippen LogP contribution in [0.15, 0.2) is 18.3 Å². The Balaban J connectivity index is 1.59. The van der Waals surface area contributed by atoms with Crippen LogP contribution < -0.4 is 20.5 Å². The Kier molecular flexibility index (Phi) is 3.53. The number of hydrogen-bond acceptors (Lipinski definition) is 7. The maximum Gasteiger partial charge on any atom is 0.226 e. The number of rotatable bonds is 3. The molecule has 3 heterocycles. The van der Waals surface area contributed by atoms with Crippen LogP contribution in [0.4, 0.5) is 11.8 Å². The highest BCUT2D eigenvalue weighted by Crippen LogP contribution is 2.38. The molecule has 24 heavy (non-hydrogen) atoms. The van der Waals surface area contributed by atoms with Crippen LogP contribution in [0.1, 0.15) is 5.56 Å². The predicted octanol–water partition coefficient (Wildman–Crippen LogP) is 1.98. The standard InChI is InChI=1S/C15H15ClN6O2/c1-22-14-9(7-19-22)13(17)20-15(21-14)18-6-8-4-10(16)12-11(5-8)23-2-3-24-12/h4-5,7H,2-3,6H2,1H3,(H3,17,18,20,21). The van der Waals surface area contributed by atoms with Gasteiger partial charge in [0.25, 0.3) is 0 Å². The molecule has 124 valence electrons. The second-order valence-corrected chi connectivity index (χ2v) is 5.80. The van der Waals surface area contributed by atoms with E-state index in [0.717, 1.165) is 10.9 Å². The van der Waals surface area contributed by atoms with E-state index in [2.05, 4.69) is 20.4 Å². The summed E-state index contributed by atoms with van der Waals surface area (Å²) in [5.41, 5.74) is 7.55. The van der Waals surface area contributed by atoms with Gasteiger partial charge in [-0.3, -0.25) is 4.68 Å². The molecule has 1 aliphatic rings. The summed E-state index contributed by atoms with van der Waals surface area (Å²) in [7, 11) is 1.80. The van der Waals surface area contributed by atoms with Crippen LogP contribution in [0.25, 0.3) is 11.0 Å². The van der Waals surface area contributed by atoms with Crippen molar-refractivity contribution >= 4 is 34.4 Å². The quantitative estimate of drug-likeness (QED) is 0.747. The van der Waals surface area contributed by atoms with E-state index in [-0.39, 0.29) is 0 Å². The third-order valence-electron chi connectivity index (χ3n) is 3.73. The second kappa shape index (κ2) is 5.72. The highest BCUT2D eigenvalue weighted by molar-refractivity contribution is 6.32. The highest BCUT2D eigenvalue weighted by atomic mass is 35.5. The summed E-state index contributed by atoms with van der Waals surface area (Å²) < 4.78 is 12.7. The molecule has 3 aromatic rings. The Morgan fingerprint density at radius 3 is 3.00 bits per heavy atom. The summed E-state index contributed by atoms with van der Waals surface area (Å²) in [5.74, 6) is 2.04. The van der Waals surface area contributed by atoms with Crippen molar-refractivity contribution in [3.05, 3.63) is 28.9 Å². The van der Waals surface area contributed by atoms with E-state index in [1.54, 1.807) is 17.9 Å². The zero-order valence-electron chi connectivity index (χ0n) is 12.9. The Labute approximate surface area is 142 Å². The fourth-order valence-electron chi connectivity index (χ4n) is 2.57. The van der Waals surface area contributed by atoms with Crippen molar-refractivity contribution in [1.82, 2.24) is 19.7 Å². The first-order valence-corrected chi connectivity index (χ1v) is 7.77. The van der Waals surface area contributed by atoms with Crippen molar-refractivity contribution in [3.63, 3.8) is 0 Å². The topological polar surface area (TPSA) is 100 Å². The summed E-state index contributed by atoms with van der Waals surface area (Å²) in [6.07, 6.45) is 1.65. The third kappa shape index (κ3) is 2.54. The maximum atomic E-state index is 6.24. The average molecular weight is 347 g/mol. The normalized spacial score (nSPS) is 13.2. The van der Waals surface area contributed by atoms with Crippen molar-refractivity contribution in [2.45, 2.75) is 6.54 Å². The molecule has 9 heteroatoms. The Morgan fingerprint density at radius 2 is 2.12 bits per heavy atom. The molecular weight excluding hydrogens is 332 g/mol. The summed E-state index contributed by atoms with van der Waals surface area (Å²) in [4.78, 5) is 8.68. The van der Waals surface area contributed by atoms with Crippen LogP contribution in [0.3, 0.4) is 0 Å². The number of hydrogen-bond donors (Lipinski definition) is 2. The van der Waals surface area contributed by atoms with Crippen LogP contribution in [-0.2, 0) is 13.6 Å². The van der Waals surface area contributed by atoms with Gasteiger partial charge in [0.1, 0.15) is 19.0 Å². The lowest BCUT2D eigenvalue weighted by Crippen LogP contribution is -2.16. The highest BCUT2D eigenvalue weighted by Gasteiger charge is 2.17. The molecule has 3 N–H and O–H groups in total. The van der Waals surface area contributed by atoms with Crippen molar-refractivity contribution in [2.75, 3.05) is 24.3 Å². The van der Waals surface area contributed by atoms with Crippen LogP contribution >= 0.6 is 11.6 Å². The first kappa shape index (κ1) is 14.8. The fraction of sp³-hybridized carbons (Fsp3) is 0.267. The van der Waals surface area contributed by atoms with Crippen LogP contribution in [0.2, 0.25) is 5.02 Å². The molecule has 0 fully saturated rings. The minimum atomic E-state index is 0.385. The Hall–Kier alpha value is -2.74. The molecule has 1 aliphatic heterocycles. The van der Waals surface area contributed by atoms with Gasteiger partial charge in [0.2, 0.25) is 5.95 Å². The van der Waals surface area contributed by atoms with Gasteiger partial charge in [-0.15, -0.1) is 0 Å². The average Bonchev–Trinajstić information content (AvgIpc) is 2.95. The van der Waals surface area contributed by atoms with Gasteiger partial charge in [-0.25, -0.2) is 0 Å². The lowest BCUT2D eigenvalue weighted by Gasteiger charge is -2.20. The van der Waals surface area contributed by atoms with Gasteiger partial charge in [0.05, 0.1) is 16.6 Å². The first-order valence-electron chi connectivity index (χ1n) is 7.39. The van der Waals surface area contributed by atoms with Gasteiger partial charge < -0.3 is 20.5 Å². The minimum absolute atomic E-state index is 0.385. The van der Waals surface area contributed by atoms with E-state index in [4.69, 9.17) is 26.8 Å². The summed E-state index contributed by atoms with van der Waals surface area (Å²) >= 11 is 6.24. The number of anilines is 2. The number of ether oxygens (including phenoxy) is 2. The van der Waals surface area contributed by atoms with Crippen molar-refractivity contribution in [3.8, 4) is 11.5 Å². The molecule has 8 nitrogen and oxygen atoms in total. The van der Waals surface area contributed by atoms with E-state index >= 15 is 0 Å². The Bertz CT molecular complexity index is 926. The zero-order chi connectivity index (χ0) is 16.7. The monoisotopic (exact) mass is 346 g/mol. The van der Waals surface area contributed by atoms with Gasteiger partial charge in [0, 0.05) is 13.6 Å². The fourth-order valence-corrected chi connectivity index (χ4v) is 2.86. The molecule has 1 aromatic carbocycles. The molecule has 0 spiro atoms. The summed E-state index contributed by atoms with van der Waals surface area (Å²) in [6.45, 7) is 1.48. The zero-order valence-corrected chi connectivity index (χ0v) is 13.7. The largest absolute Gasteiger partial charge is 0.486 e. The van der Waals surface area contributed by atoms with Crippen molar-refractivity contribution in [2.24, 2.45) is 7.05 Å². The number of nitrogen functional groups attached to an aromatic ring is 1. The molecule has 0 saturated carbocycles. The van der Waals surface area contributed by atoms with E-state index in [1.807, 2.05) is 12.1 Å². The summed E-state index contributed by atoms with van der Waals surface area (Å²) in [5, 5.41) is 8.53. The number of benzene rings is 1. The molecule has 0 radical (unpaired) electrons. The molecule has 0 unspecified atom stereocenters. The number of halogens is 1. The Morgan fingerprint density at radius 1 is 1.29 bits per heavy atom. The number of nitrogens with two attached hydrogens (primary N) is 1. The smallest absolute Gasteiger partial charge is 0.226 e. The third-order valence-corrected chi connectivity index (χ3v) is 4.01. The predicted molar refractivity (Wildman–Crippen MR) is 90.5 cm³/mol. The minimum Gasteiger partial charge on any atom is -0.486 e. The van der Waals surface area contributed by atoms with E-state index in [0.29, 0.717) is 53.7 Å². The van der Waals surface area contributed by atoms with E-state index in [1.165, 1.54) is 0 Å². The number of nitrogens with zero attached hydrogens (tertiary/aromatic N) is 4. The molecule has 4 rings (SSSR count). The molecular formula is C15H15ClN6O2. The van der Waals surface area contributed by atoms with Gasteiger partial charge in [-0.1, -0.05) is 11.6 Å². The molecule has 0 atom stereocenters. The summed E-state index contributed by atoms with van der Waals surface area (Å²) in [6, 6.07) is 3.72. The van der Waals surface area contributed by atoms with Gasteiger partial charge in [-0.2, -0.15) is 15.1 Å². The second-order valence-electron chi connectivity index (χ2n) is 5.39. The number of aromatic nitrogens is 4. The molecule has 0 bridgehead atoms. The van der Waals surface area contributed by atoms with Crippen molar-refractivity contribution in [1.29, 1.82) is 0 Å². The van der Waals surface area contributed by atoms with Gasteiger partial charge >= 0.3 is 0 Å². The van der Waals surface area contributed by atoms with Crippen molar-refractivity contribution < 1.29 is 9.47 Å². The number of aryl methyl sites for hydroxylation is 1. The number of fused-ring (bicyclic) bond motifs is 2. The van der Waals surface area contributed by atoms with Gasteiger partial charge in [0.15, 0.2) is 17.1 Å². The van der Waals surface area contributed by atoms with Crippen LogP contribution in [-0.4, -0.2) is 33.0 Å². The number of nitrogens with one attached hydrogen (secondary N) is 1. The lowest BCUT2D eigenvalue weighted by atomic mass is 10.2. The molecule has 0 aliphatic carbocycles. The van der Waals surface area contributed by atoms with Crippen LogP contribution in [0.5, 0.6) is 11.5 Å². The molecule has 0 saturated heterocycles. The van der Waals surface area contributed by atoms with E-state index in [9.17, 15) is 0 Å².